The maximum atomic E-state index is 10.9. The molecule has 0 bridgehead atoms. The fourth-order valence-corrected chi connectivity index (χ4v) is 2.88. The van der Waals surface area contributed by atoms with Gasteiger partial charge in [-0.3, -0.25) is 4.79 Å². The van der Waals surface area contributed by atoms with E-state index in [9.17, 15) is 4.79 Å². The van der Waals surface area contributed by atoms with E-state index in [-0.39, 0.29) is 11.2 Å². The zero-order chi connectivity index (χ0) is 12.8. The van der Waals surface area contributed by atoms with Crippen molar-refractivity contribution in [3.05, 3.63) is 29.8 Å². The fraction of sp³-hybridized carbons (Fsp3) is 0.462. The average Bonchev–Trinajstić information content (AvgIpc) is 2.26. The first kappa shape index (κ1) is 14.5. The average molecular weight is 269 g/mol. The molecule has 4 heteroatoms. The van der Waals surface area contributed by atoms with Crippen LogP contribution in [-0.4, -0.2) is 16.4 Å². The number of carbonyl (C=O) groups is 1. The van der Waals surface area contributed by atoms with Gasteiger partial charge in [0, 0.05) is 15.9 Å². The molecule has 1 atom stereocenters. The van der Waals surface area contributed by atoms with Gasteiger partial charge in [-0.2, -0.15) is 0 Å². The number of rotatable bonds is 6. The molecule has 0 radical (unpaired) electrons. The second kappa shape index (κ2) is 6.97. The summed E-state index contributed by atoms with van der Waals surface area (Å²) in [5, 5.41) is 0.477. The van der Waals surface area contributed by atoms with Crippen molar-refractivity contribution in [3.63, 3.8) is 0 Å². The Labute approximate surface area is 112 Å². The lowest BCUT2D eigenvalue weighted by Crippen LogP contribution is -2.22. The molecule has 0 aliphatic heterocycles. The number of hydrogen-bond acceptors (Lipinski definition) is 3. The fourth-order valence-electron chi connectivity index (χ4n) is 1.24. The number of thioether (sulfide) groups is 2. The molecule has 1 aromatic rings. The van der Waals surface area contributed by atoms with E-state index in [1.165, 1.54) is 10.5 Å². The van der Waals surface area contributed by atoms with Gasteiger partial charge in [-0.1, -0.05) is 26.0 Å². The van der Waals surface area contributed by atoms with Crippen LogP contribution in [0, 0.1) is 0 Å². The van der Waals surface area contributed by atoms with E-state index in [0.717, 1.165) is 5.75 Å². The highest BCUT2D eigenvalue weighted by atomic mass is 32.2. The molecule has 0 heterocycles. The summed E-state index contributed by atoms with van der Waals surface area (Å²) in [6.45, 7) is 6.21. The van der Waals surface area contributed by atoms with E-state index in [2.05, 4.69) is 38.1 Å². The largest absolute Gasteiger partial charge is 0.369 e. The van der Waals surface area contributed by atoms with E-state index < -0.39 is 0 Å². The van der Waals surface area contributed by atoms with Crippen LogP contribution in [0.25, 0.3) is 0 Å². The Balaban J connectivity index is 2.48. The summed E-state index contributed by atoms with van der Waals surface area (Å²) in [5.41, 5.74) is 6.45. The number of carbonyl (C=O) groups excluding carboxylic acids is 1. The van der Waals surface area contributed by atoms with E-state index in [0.29, 0.717) is 5.25 Å². The van der Waals surface area contributed by atoms with Crippen molar-refractivity contribution in [2.24, 2.45) is 5.73 Å². The quantitative estimate of drug-likeness (QED) is 0.806. The van der Waals surface area contributed by atoms with Crippen LogP contribution < -0.4 is 5.73 Å². The molecule has 94 valence electrons. The smallest absolute Gasteiger partial charge is 0.230 e. The number of hydrogen-bond donors (Lipinski definition) is 1. The second-order valence-corrected chi connectivity index (χ2v) is 7.15. The summed E-state index contributed by atoms with van der Waals surface area (Å²) in [6, 6.07) is 8.50. The van der Waals surface area contributed by atoms with Gasteiger partial charge in [0.1, 0.15) is 0 Å². The molecular formula is C13H19NOS2. The van der Waals surface area contributed by atoms with Crippen LogP contribution in [0.1, 0.15) is 26.3 Å². The molecule has 1 amide bonds. The molecule has 0 unspecified atom stereocenters. The minimum absolute atomic E-state index is 0.125. The summed E-state index contributed by atoms with van der Waals surface area (Å²) in [5.74, 6) is 0.582. The standard InChI is InChI=1S/C13H19NOS2/c1-9(2)17-12-6-4-11(5-7-12)8-16-10(3)13(14)15/h4-7,9-10H,8H2,1-3H3,(H2,14,15)/t10-/m0/s1. The SMILES string of the molecule is CC(C)Sc1ccc(CS[C@@H](C)C(N)=O)cc1. The highest BCUT2D eigenvalue weighted by Gasteiger charge is 2.08. The van der Waals surface area contributed by atoms with Crippen LogP contribution in [0.3, 0.4) is 0 Å². The van der Waals surface area contributed by atoms with E-state index in [4.69, 9.17) is 5.73 Å². The van der Waals surface area contributed by atoms with Gasteiger partial charge in [0.2, 0.25) is 5.91 Å². The van der Waals surface area contributed by atoms with Gasteiger partial charge in [0.15, 0.2) is 0 Å². The number of primary amides is 1. The minimum atomic E-state index is -0.248. The Morgan fingerprint density at radius 2 is 1.82 bits per heavy atom. The Bertz CT molecular complexity index is 362. The molecule has 1 aromatic carbocycles. The zero-order valence-corrected chi connectivity index (χ0v) is 12.1. The van der Waals surface area contributed by atoms with Gasteiger partial charge < -0.3 is 5.73 Å². The van der Waals surface area contributed by atoms with Crippen molar-refractivity contribution in [1.82, 2.24) is 0 Å². The van der Waals surface area contributed by atoms with Crippen molar-refractivity contribution in [1.29, 1.82) is 0 Å². The third kappa shape index (κ3) is 5.50. The molecule has 17 heavy (non-hydrogen) atoms. The summed E-state index contributed by atoms with van der Waals surface area (Å²) in [7, 11) is 0. The van der Waals surface area contributed by atoms with E-state index in [1.54, 1.807) is 11.8 Å². The molecule has 1 rings (SSSR count). The minimum Gasteiger partial charge on any atom is -0.369 e. The van der Waals surface area contributed by atoms with Gasteiger partial charge in [-0.25, -0.2) is 0 Å². The Morgan fingerprint density at radius 1 is 1.24 bits per heavy atom. The molecule has 2 nitrogen and oxygen atoms in total. The second-order valence-electron chi connectivity index (χ2n) is 4.17. The van der Waals surface area contributed by atoms with Gasteiger partial charge in [-0.05, 0) is 24.6 Å². The van der Waals surface area contributed by atoms with Gasteiger partial charge in [0.25, 0.3) is 0 Å². The molecular weight excluding hydrogens is 250 g/mol. The van der Waals surface area contributed by atoms with Crippen molar-refractivity contribution < 1.29 is 4.79 Å². The lowest BCUT2D eigenvalue weighted by atomic mass is 10.2. The van der Waals surface area contributed by atoms with Crippen molar-refractivity contribution in [2.45, 2.75) is 41.9 Å². The van der Waals surface area contributed by atoms with Crippen molar-refractivity contribution in [3.8, 4) is 0 Å². The number of benzene rings is 1. The summed E-state index contributed by atoms with van der Waals surface area (Å²) < 4.78 is 0. The van der Waals surface area contributed by atoms with Gasteiger partial charge >= 0.3 is 0 Å². The first-order chi connectivity index (χ1) is 7.99. The molecule has 0 aliphatic rings. The molecule has 0 spiro atoms. The predicted octanol–water partition coefficient (Wildman–Crippen LogP) is 3.29. The normalized spacial score (nSPS) is 12.7. The highest BCUT2D eigenvalue weighted by molar-refractivity contribution is 8.00. The number of amides is 1. The summed E-state index contributed by atoms with van der Waals surface area (Å²) in [4.78, 5) is 12.2. The maximum Gasteiger partial charge on any atom is 0.230 e. The summed E-state index contributed by atoms with van der Waals surface area (Å²) >= 11 is 3.43. The van der Waals surface area contributed by atoms with Gasteiger partial charge in [0.05, 0.1) is 5.25 Å². The molecule has 0 saturated carbocycles. The van der Waals surface area contributed by atoms with Crippen molar-refractivity contribution in [2.75, 3.05) is 0 Å². The Morgan fingerprint density at radius 3 is 2.29 bits per heavy atom. The van der Waals surface area contributed by atoms with Crippen LogP contribution in [0.2, 0.25) is 0 Å². The molecule has 2 N–H and O–H groups in total. The Kier molecular flexibility index (Phi) is 5.92. The maximum absolute atomic E-state index is 10.9. The third-order valence-electron chi connectivity index (χ3n) is 2.20. The lowest BCUT2D eigenvalue weighted by Gasteiger charge is -2.08. The number of nitrogens with two attached hydrogens (primary N) is 1. The van der Waals surface area contributed by atoms with Crippen LogP contribution in [0.4, 0.5) is 0 Å². The van der Waals surface area contributed by atoms with Crippen LogP contribution >= 0.6 is 23.5 Å². The zero-order valence-electron chi connectivity index (χ0n) is 10.5. The molecule has 0 saturated heterocycles. The van der Waals surface area contributed by atoms with Crippen LogP contribution in [-0.2, 0) is 10.5 Å². The third-order valence-corrected chi connectivity index (χ3v) is 4.44. The van der Waals surface area contributed by atoms with Gasteiger partial charge in [-0.15, -0.1) is 23.5 Å². The first-order valence-electron chi connectivity index (χ1n) is 5.65. The summed E-state index contributed by atoms with van der Waals surface area (Å²) in [6.07, 6.45) is 0. The molecule has 0 aromatic heterocycles. The molecule has 0 fully saturated rings. The topological polar surface area (TPSA) is 43.1 Å². The van der Waals surface area contributed by atoms with E-state index in [1.807, 2.05) is 18.7 Å². The van der Waals surface area contributed by atoms with E-state index >= 15 is 0 Å². The Hall–Kier alpha value is -0.610. The predicted molar refractivity (Wildman–Crippen MR) is 77.4 cm³/mol. The molecule has 0 aliphatic carbocycles. The van der Waals surface area contributed by atoms with Crippen LogP contribution in [0.15, 0.2) is 29.2 Å². The van der Waals surface area contributed by atoms with Crippen LogP contribution in [0.5, 0.6) is 0 Å². The highest BCUT2D eigenvalue weighted by Crippen LogP contribution is 2.24. The lowest BCUT2D eigenvalue weighted by molar-refractivity contribution is -0.117. The monoisotopic (exact) mass is 269 g/mol. The first-order valence-corrected chi connectivity index (χ1v) is 7.58. The van der Waals surface area contributed by atoms with Crippen molar-refractivity contribution >= 4 is 29.4 Å².